The second kappa shape index (κ2) is 10.5. The van der Waals surface area contributed by atoms with Gasteiger partial charge in [0.25, 0.3) is 0 Å². The van der Waals surface area contributed by atoms with Gasteiger partial charge in [0, 0.05) is 44.2 Å². The van der Waals surface area contributed by atoms with Crippen molar-refractivity contribution in [1.29, 1.82) is 0 Å². The lowest BCUT2D eigenvalue weighted by Crippen LogP contribution is -2.51. The lowest BCUT2D eigenvalue weighted by Gasteiger charge is -2.34. The average molecular weight is 410 g/mol. The van der Waals surface area contributed by atoms with Crippen molar-refractivity contribution >= 4 is 11.9 Å². The molecule has 6 nitrogen and oxygen atoms in total. The van der Waals surface area contributed by atoms with Crippen LogP contribution in [0, 0.1) is 17.6 Å². The number of halogens is 2. The zero-order valence-electron chi connectivity index (χ0n) is 18.0. The second-order valence-electron chi connectivity index (χ2n) is 7.97. The van der Waals surface area contributed by atoms with Gasteiger partial charge in [0.2, 0.25) is 5.91 Å². The smallest absolute Gasteiger partial charge is 0.225 e. The number of carbonyl (C=O) groups excluding carboxylic acids is 1. The predicted octanol–water partition coefficient (Wildman–Crippen LogP) is 2.38. The number of likely N-dealkylation sites (tertiary alicyclic amines) is 1. The topological polar surface area (TPSA) is 60.0 Å². The molecule has 1 fully saturated rings. The number of carbonyl (C=O) groups is 1. The third-order valence-corrected chi connectivity index (χ3v) is 5.28. The van der Waals surface area contributed by atoms with Crippen LogP contribution >= 0.6 is 0 Å². The van der Waals surface area contributed by atoms with E-state index in [2.05, 4.69) is 15.6 Å². The van der Waals surface area contributed by atoms with Gasteiger partial charge in [0.05, 0.1) is 6.04 Å². The van der Waals surface area contributed by atoms with Crippen LogP contribution in [0.4, 0.5) is 8.78 Å². The van der Waals surface area contributed by atoms with Crippen molar-refractivity contribution in [2.75, 3.05) is 40.8 Å². The summed E-state index contributed by atoms with van der Waals surface area (Å²) in [6.45, 7) is 5.56. The molecule has 0 spiro atoms. The van der Waals surface area contributed by atoms with Crippen LogP contribution in [0.15, 0.2) is 23.2 Å². The molecule has 162 valence electrons. The van der Waals surface area contributed by atoms with Gasteiger partial charge in [-0.25, -0.2) is 8.78 Å². The summed E-state index contributed by atoms with van der Waals surface area (Å²) >= 11 is 0. The summed E-state index contributed by atoms with van der Waals surface area (Å²) in [5.41, 5.74) is 0.0426. The summed E-state index contributed by atoms with van der Waals surface area (Å²) in [4.78, 5) is 20.0. The Labute approximate surface area is 172 Å². The highest BCUT2D eigenvalue weighted by Gasteiger charge is 2.26. The zero-order valence-corrected chi connectivity index (χ0v) is 18.0. The van der Waals surface area contributed by atoms with Gasteiger partial charge in [0.15, 0.2) is 5.96 Å². The van der Waals surface area contributed by atoms with Gasteiger partial charge in [-0.2, -0.15) is 0 Å². The molecule has 8 heteroatoms. The lowest BCUT2D eigenvalue weighted by atomic mass is 10.0. The number of amides is 1. The number of piperidine rings is 1. The van der Waals surface area contributed by atoms with E-state index in [0.29, 0.717) is 25.6 Å². The van der Waals surface area contributed by atoms with Crippen molar-refractivity contribution in [2.45, 2.75) is 38.8 Å². The number of nitrogens with one attached hydrogen (secondary N) is 2. The molecule has 2 N–H and O–H groups in total. The molecular formula is C21H33F2N5O. The van der Waals surface area contributed by atoms with Crippen LogP contribution in [0.1, 0.15) is 38.3 Å². The average Bonchev–Trinajstić information content (AvgIpc) is 2.68. The fraction of sp³-hybridized carbons (Fsp3) is 0.619. The fourth-order valence-corrected chi connectivity index (χ4v) is 3.56. The van der Waals surface area contributed by atoms with Gasteiger partial charge in [-0.1, -0.05) is 19.9 Å². The van der Waals surface area contributed by atoms with Crippen molar-refractivity contribution < 1.29 is 13.6 Å². The molecule has 0 bridgehead atoms. The van der Waals surface area contributed by atoms with Crippen LogP contribution < -0.4 is 10.6 Å². The molecule has 1 heterocycles. The Bertz CT molecular complexity index is 695. The third kappa shape index (κ3) is 6.13. The van der Waals surface area contributed by atoms with Crippen LogP contribution in [-0.2, 0) is 4.79 Å². The van der Waals surface area contributed by atoms with Gasteiger partial charge in [0.1, 0.15) is 11.6 Å². The maximum absolute atomic E-state index is 14.2. The number of benzene rings is 1. The second-order valence-corrected chi connectivity index (χ2v) is 7.97. The molecule has 1 unspecified atom stereocenters. The first-order chi connectivity index (χ1) is 13.7. The van der Waals surface area contributed by atoms with Gasteiger partial charge < -0.3 is 20.4 Å². The van der Waals surface area contributed by atoms with Crippen LogP contribution in [0.3, 0.4) is 0 Å². The van der Waals surface area contributed by atoms with Crippen molar-refractivity contribution in [2.24, 2.45) is 10.9 Å². The van der Waals surface area contributed by atoms with E-state index in [0.717, 1.165) is 12.8 Å². The van der Waals surface area contributed by atoms with E-state index in [9.17, 15) is 13.6 Å². The van der Waals surface area contributed by atoms with Crippen LogP contribution in [0.25, 0.3) is 0 Å². The molecule has 1 amide bonds. The zero-order chi connectivity index (χ0) is 21.6. The van der Waals surface area contributed by atoms with Gasteiger partial charge >= 0.3 is 0 Å². The Balaban J connectivity index is 1.94. The Morgan fingerprint density at radius 2 is 1.83 bits per heavy atom. The summed E-state index contributed by atoms with van der Waals surface area (Å²) in [6.07, 6.45) is 1.66. The van der Waals surface area contributed by atoms with Crippen molar-refractivity contribution in [3.05, 3.63) is 35.4 Å². The standard InChI is InChI=1S/C21H33F2N5O/c1-14(2)20(29)28-11-9-15(10-12-28)26-21(24-3)25-13-18(27(4)5)19-16(22)7-6-8-17(19)23/h6-8,14-15,18H,9-13H2,1-5H3,(H2,24,25,26). The molecule has 1 aliphatic heterocycles. The van der Waals surface area contributed by atoms with Crippen LogP contribution in [0.5, 0.6) is 0 Å². The maximum atomic E-state index is 14.2. The SMILES string of the molecule is CN=C(NCC(c1c(F)cccc1F)N(C)C)NC1CCN(C(=O)C(C)C)CC1. The normalized spacial score (nSPS) is 17.0. The Kier molecular flexibility index (Phi) is 8.37. The van der Waals surface area contributed by atoms with Crippen molar-refractivity contribution in [3.63, 3.8) is 0 Å². The van der Waals surface area contributed by atoms with E-state index >= 15 is 0 Å². The van der Waals surface area contributed by atoms with E-state index in [4.69, 9.17) is 0 Å². The molecule has 0 aliphatic carbocycles. The van der Waals surface area contributed by atoms with E-state index in [1.54, 1.807) is 26.0 Å². The first-order valence-corrected chi connectivity index (χ1v) is 10.1. The number of hydrogen-bond acceptors (Lipinski definition) is 3. The molecule has 0 aromatic heterocycles. The maximum Gasteiger partial charge on any atom is 0.225 e. The van der Waals surface area contributed by atoms with Gasteiger partial charge in [-0.15, -0.1) is 0 Å². The van der Waals surface area contributed by atoms with Gasteiger partial charge in [-0.3, -0.25) is 9.79 Å². The molecule has 0 saturated carbocycles. The fourth-order valence-electron chi connectivity index (χ4n) is 3.56. The largest absolute Gasteiger partial charge is 0.354 e. The minimum atomic E-state index is -0.560. The minimum absolute atomic E-state index is 0.00989. The molecule has 1 aliphatic rings. The first-order valence-electron chi connectivity index (χ1n) is 10.1. The van der Waals surface area contributed by atoms with E-state index in [-0.39, 0.29) is 23.4 Å². The molecule has 0 radical (unpaired) electrons. The lowest BCUT2D eigenvalue weighted by molar-refractivity contribution is -0.135. The summed E-state index contributed by atoms with van der Waals surface area (Å²) in [7, 11) is 5.24. The molecule has 1 aromatic rings. The molecule has 1 atom stereocenters. The summed E-state index contributed by atoms with van der Waals surface area (Å²) < 4.78 is 28.5. The number of rotatable bonds is 6. The number of guanidine groups is 1. The molecule has 29 heavy (non-hydrogen) atoms. The Morgan fingerprint density at radius 3 is 2.31 bits per heavy atom. The Morgan fingerprint density at radius 1 is 1.24 bits per heavy atom. The van der Waals surface area contributed by atoms with Gasteiger partial charge in [-0.05, 0) is 39.1 Å². The highest BCUT2D eigenvalue weighted by Crippen LogP contribution is 2.24. The number of hydrogen-bond donors (Lipinski definition) is 2. The number of likely N-dealkylation sites (N-methyl/N-ethyl adjacent to an activating group) is 1. The quantitative estimate of drug-likeness (QED) is 0.560. The highest BCUT2D eigenvalue weighted by atomic mass is 19.1. The third-order valence-electron chi connectivity index (χ3n) is 5.28. The van der Waals surface area contributed by atoms with E-state index < -0.39 is 17.7 Å². The van der Waals surface area contributed by atoms with Crippen molar-refractivity contribution in [1.82, 2.24) is 20.4 Å². The monoisotopic (exact) mass is 409 g/mol. The number of nitrogens with zero attached hydrogens (tertiary/aromatic N) is 3. The predicted molar refractivity (Wildman–Crippen MR) is 112 cm³/mol. The van der Waals surface area contributed by atoms with Crippen LogP contribution in [0.2, 0.25) is 0 Å². The minimum Gasteiger partial charge on any atom is -0.354 e. The van der Waals surface area contributed by atoms with E-state index in [1.807, 2.05) is 18.7 Å². The Hall–Kier alpha value is -2.22. The van der Waals surface area contributed by atoms with E-state index in [1.165, 1.54) is 18.2 Å². The first kappa shape index (κ1) is 23.1. The summed E-state index contributed by atoms with van der Waals surface area (Å²) in [6, 6.07) is 3.62. The molecular weight excluding hydrogens is 376 g/mol. The molecule has 1 aromatic carbocycles. The van der Waals surface area contributed by atoms with Crippen molar-refractivity contribution in [3.8, 4) is 0 Å². The van der Waals surface area contributed by atoms with Crippen LogP contribution in [-0.4, -0.2) is 68.5 Å². The number of aliphatic imine (C=N–C) groups is 1. The molecule has 2 rings (SSSR count). The molecule has 1 saturated heterocycles. The summed E-state index contributed by atoms with van der Waals surface area (Å²) in [5.74, 6) is -0.337. The highest BCUT2D eigenvalue weighted by molar-refractivity contribution is 5.80. The summed E-state index contributed by atoms with van der Waals surface area (Å²) in [5, 5.41) is 6.55.